The summed E-state index contributed by atoms with van der Waals surface area (Å²) in [5.41, 5.74) is 1.56. The van der Waals surface area contributed by atoms with Crippen LogP contribution in [0.15, 0.2) is 63.9 Å². The van der Waals surface area contributed by atoms with Crippen LogP contribution in [0.4, 0.5) is 4.39 Å². The van der Waals surface area contributed by atoms with Gasteiger partial charge in [0, 0.05) is 18.5 Å². The SMILES string of the molecule is Cc1oc(-c2ccccc2)nc1CCNS(=O)(=O)c1ccc(F)cc1. The molecule has 3 aromatic rings. The molecule has 0 atom stereocenters. The van der Waals surface area contributed by atoms with Crippen molar-refractivity contribution >= 4 is 10.0 Å². The highest BCUT2D eigenvalue weighted by Crippen LogP contribution is 2.21. The molecule has 7 heteroatoms. The van der Waals surface area contributed by atoms with Gasteiger partial charge >= 0.3 is 0 Å². The van der Waals surface area contributed by atoms with Gasteiger partial charge < -0.3 is 4.42 Å². The molecule has 0 aliphatic carbocycles. The Balaban J connectivity index is 1.66. The van der Waals surface area contributed by atoms with Gasteiger partial charge in [-0.3, -0.25) is 0 Å². The van der Waals surface area contributed by atoms with Crippen LogP contribution < -0.4 is 4.72 Å². The predicted octanol–water partition coefficient (Wildman–Crippen LogP) is 3.31. The molecule has 1 heterocycles. The van der Waals surface area contributed by atoms with Gasteiger partial charge in [0.25, 0.3) is 0 Å². The summed E-state index contributed by atoms with van der Waals surface area (Å²) in [6.45, 7) is 1.96. The van der Waals surface area contributed by atoms with Crippen LogP contribution in [-0.4, -0.2) is 19.9 Å². The van der Waals surface area contributed by atoms with Crippen molar-refractivity contribution in [3.8, 4) is 11.5 Å². The Bertz CT molecular complexity index is 952. The maximum atomic E-state index is 12.9. The van der Waals surface area contributed by atoms with Crippen molar-refractivity contribution in [2.24, 2.45) is 0 Å². The molecule has 5 nitrogen and oxygen atoms in total. The molecule has 25 heavy (non-hydrogen) atoms. The average Bonchev–Trinajstić information content (AvgIpc) is 2.97. The van der Waals surface area contributed by atoms with E-state index < -0.39 is 15.8 Å². The molecule has 3 rings (SSSR count). The molecule has 0 amide bonds. The molecule has 1 N–H and O–H groups in total. The fourth-order valence-electron chi connectivity index (χ4n) is 2.37. The molecule has 0 aliphatic heterocycles. The quantitative estimate of drug-likeness (QED) is 0.732. The predicted molar refractivity (Wildman–Crippen MR) is 92.0 cm³/mol. The fourth-order valence-corrected chi connectivity index (χ4v) is 3.40. The Morgan fingerprint density at radius 2 is 1.76 bits per heavy atom. The van der Waals surface area contributed by atoms with Crippen LogP contribution in [0.2, 0.25) is 0 Å². The van der Waals surface area contributed by atoms with E-state index in [1.807, 2.05) is 30.3 Å². The number of rotatable bonds is 6. The smallest absolute Gasteiger partial charge is 0.240 e. The molecule has 0 aliphatic rings. The highest BCUT2D eigenvalue weighted by molar-refractivity contribution is 7.89. The van der Waals surface area contributed by atoms with Crippen LogP contribution in [0.25, 0.3) is 11.5 Å². The molecule has 0 spiro atoms. The van der Waals surface area contributed by atoms with Crippen molar-refractivity contribution in [1.82, 2.24) is 9.71 Å². The minimum atomic E-state index is -3.68. The van der Waals surface area contributed by atoms with Crippen LogP contribution >= 0.6 is 0 Å². The minimum Gasteiger partial charge on any atom is -0.441 e. The lowest BCUT2D eigenvalue weighted by Gasteiger charge is -2.05. The van der Waals surface area contributed by atoms with Crippen molar-refractivity contribution in [3.63, 3.8) is 0 Å². The standard InChI is InChI=1S/C18H17FN2O3S/c1-13-17(21-18(24-13)14-5-3-2-4-6-14)11-12-20-25(22,23)16-9-7-15(19)8-10-16/h2-10,20H,11-12H2,1H3. The van der Waals surface area contributed by atoms with Crippen LogP contribution in [0.5, 0.6) is 0 Å². The van der Waals surface area contributed by atoms with Crippen molar-refractivity contribution < 1.29 is 17.2 Å². The second-order valence-corrected chi connectivity index (χ2v) is 7.26. The zero-order valence-electron chi connectivity index (χ0n) is 13.6. The molecular formula is C18H17FN2O3S. The second kappa shape index (κ2) is 7.16. The van der Waals surface area contributed by atoms with Gasteiger partial charge in [0.05, 0.1) is 10.6 Å². The van der Waals surface area contributed by atoms with Crippen LogP contribution in [0.1, 0.15) is 11.5 Å². The Morgan fingerprint density at radius 3 is 2.44 bits per heavy atom. The first-order valence-corrected chi connectivity index (χ1v) is 9.21. The van der Waals surface area contributed by atoms with E-state index in [2.05, 4.69) is 9.71 Å². The van der Waals surface area contributed by atoms with Gasteiger partial charge in [0.15, 0.2) is 0 Å². The van der Waals surface area contributed by atoms with Crippen molar-refractivity contribution in [3.05, 3.63) is 71.9 Å². The maximum absolute atomic E-state index is 12.9. The number of nitrogens with zero attached hydrogens (tertiary/aromatic N) is 1. The first kappa shape index (κ1) is 17.3. The van der Waals surface area contributed by atoms with E-state index >= 15 is 0 Å². The van der Waals surface area contributed by atoms with E-state index in [0.29, 0.717) is 23.8 Å². The average molecular weight is 360 g/mol. The molecule has 0 saturated heterocycles. The number of sulfonamides is 1. The largest absolute Gasteiger partial charge is 0.441 e. The summed E-state index contributed by atoms with van der Waals surface area (Å²) < 4.78 is 45.4. The summed E-state index contributed by atoms with van der Waals surface area (Å²) in [7, 11) is -3.68. The van der Waals surface area contributed by atoms with Crippen molar-refractivity contribution in [2.75, 3.05) is 6.54 Å². The van der Waals surface area contributed by atoms with Crippen molar-refractivity contribution in [2.45, 2.75) is 18.2 Å². The summed E-state index contributed by atoms with van der Waals surface area (Å²) in [4.78, 5) is 4.46. The summed E-state index contributed by atoms with van der Waals surface area (Å²) >= 11 is 0. The highest BCUT2D eigenvalue weighted by atomic mass is 32.2. The third-order valence-electron chi connectivity index (χ3n) is 3.69. The van der Waals surface area contributed by atoms with Crippen LogP contribution in [0, 0.1) is 12.7 Å². The summed E-state index contributed by atoms with van der Waals surface area (Å²) in [6, 6.07) is 14.2. The lowest BCUT2D eigenvalue weighted by molar-refractivity contribution is 0.538. The number of hydrogen-bond donors (Lipinski definition) is 1. The molecule has 0 bridgehead atoms. The monoisotopic (exact) mass is 360 g/mol. The number of benzene rings is 2. The van der Waals surface area contributed by atoms with Crippen LogP contribution in [0.3, 0.4) is 0 Å². The van der Waals surface area contributed by atoms with Gasteiger partial charge in [-0.2, -0.15) is 0 Å². The maximum Gasteiger partial charge on any atom is 0.240 e. The number of halogens is 1. The Hall–Kier alpha value is -2.51. The van der Waals surface area contributed by atoms with Gasteiger partial charge in [0.1, 0.15) is 11.6 Å². The molecule has 0 saturated carbocycles. The zero-order valence-corrected chi connectivity index (χ0v) is 14.4. The van der Waals surface area contributed by atoms with Crippen LogP contribution in [-0.2, 0) is 16.4 Å². The first-order chi connectivity index (χ1) is 12.0. The normalized spacial score (nSPS) is 11.6. The summed E-state index contributed by atoms with van der Waals surface area (Å²) in [5, 5.41) is 0. The number of nitrogens with one attached hydrogen (secondary N) is 1. The Kier molecular flexibility index (Phi) is 4.96. The van der Waals surface area contributed by atoms with Gasteiger partial charge in [-0.05, 0) is 43.3 Å². The highest BCUT2D eigenvalue weighted by Gasteiger charge is 2.15. The minimum absolute atomic E-state index is 0.0238. The number of aryl methyl sites for hydroxylation is 1. The topological polar surface area (TPSA) is 72.2 Å². The van der Waals surface area contributed by atoms with E-state index in [9.17, 15) is 12.8 Å². The lowest BCUT2D eigenvalue weighted by atomic mass is 10.2. The zero-order chi connectivity index (χ0) is 17.9. The van der Waals surface area contributed by atoms with E-state index in [1.54, 1.807) is 6.92 Å². The molecule has 0 unspecified atom stereocenters. The number of hydrogen-bond acceptors (Lipinski definition) is 4. The van der Waals surface area contributed by atoms with Gasteiger partial charge in [0.2, 0.25) is 15.9 Å². The van der Waals surface area contributed by atoms with E-state index in [1.165, 1.54) is 12.1 Å². The molecule has 1 aromatic heterocycles. The Labute approximate surface area is 145 Å². The van der Waals surface area contributed by atoms with Gasteiger partial charge in [-0.15, -0.1) is 0 Å². The van der Waals surface area contributed by atoms with E-state index in [0.717, 1.165) is 17.7 Å². The fraction of sp³-hybridized carbons (Fsp3) is 0.167. The van der Waals surface area contributed by atoms with Gasteiger partial charge in [-0.1, -0.05) is 18.2 Å². The molecule has 2 aromatic carbocycles. The van der Waals surface area contributed by atoms with E-state index in [4.69, 9.17) is 4.42 Å². The lowest BCUT2D eigenvalue weighted by Crippen LogP contribution is -2.26. The van der Waals surface area contributed by atoms with E-state index in [-0.39, 0.29) is 11.4 Å². The molecule has 0 radical (unpaired) electrons. The summed E-state index contributed by atoms with van der Waals surface area (Å²) in [5.74, 6) is 0.680. The van der Waals surface area contributed by atoms with Crippen molar-refractivity contribution in [1.29, 1.82) is 0 Å². The second-order valence-electron chi connectivity index (χ2n) is 5.49. The number of aromatic nitrogens is 1. The molecule has 130 valence electrons. The molecule has 0 fully saturated rings. The third kappa shape index (κ3) is 4.12. The van der Waals surface area contributed by atoms with Gasteiger partial charge in [-0.25, -0.2) is 22.5 Å². The number of oxazole rings is 1. The first-order valence-electron chi connectivity index (χ1n) is 7.73. The Morgan fingerprint density at radius 1 is 1.08 bits per heavy atom. The molecular weight excluding hydrogens is 343 g/mol. The third-order valence-corrected chi connectivity index (χ3v) is 5.17. The summed E-state index contributed by atoms with van der Waals surface area (Å²) in [6.07, 6.45) is 0.391.